The minimum atomic E-state index is 0.756. The molecule has 0 aliphatic rings. The Morgan fingerprint density at radius 3 is 2.93 bits per heavy atom. The van der Waals surface area contributed by atoms with Gasteiger partial charge in [0.05, 0.1) is 0 Å². The van der Waals surface area contributed by atoms with Crippen molar-refractivity contribution in [2.24, 2.45) is 0 Å². The maximum absolute atomic E-state index is 4.37. The van der Waals surface area contributed by atoms with Gasteiger partial charge >= 0.3 is 0 Å². The smallest absolute Gasteiger partial charge is 0.183 e. The summed E-state index contributed by atoms with van der Waals surface area (Å²) in [6.07, 6.45) is 10.7. The molecule has 3 heterocycles. The van der Waals surface area contributed by atoms with Gasteiger partial charge in [-0.05, 0) is 15.9 Å². The van der Waals surface area contributed by atoms with Crippen molar-refractivity contribution in [3.05, 3.63) is 41.9 Å². The Morgan fingerprint density at radius 2 is 2.13 bits per heavy atom. The van der Waals surface area contributed by atoms with Crippen LogP contribution in [0.3, 0.4) is 0 Å². The summed E-state index contributed by atoms with van der Waals surface area (Å²) >= 11 is 3.36. The number of aromatic nitrogens is 5. The maximum atomic E-state index is 4.37. The van der Waals surface area contributed by atoms with Gasteiger partial charge in [0.2, 0.25) is 0 Å². The molecule has 0 atom stereocenters. The summed E-state index contributed by atoms with van der Waals surface area (Å²) in [5.41, 5.74) is 0.802. The van der Waals surface area contributed by atoms with Gasteiger partial charge in [-0.2, -0.15) is 0 Å². The molecule has 0 fully saturated rings. The lowest BCUT2D eigenvalue weighted by Crippen LogP contribution is -1.99. The van der Waals surface area contributed by atoms with Crippen LogP contribution in [0.15, 0.2) is 41.9 Å². The lowest BCUT2D eigenvalue weighted by molar-refractivity contribution is 0.957. The molecule has 3 aromatic rings. The number of nitrogens with zero attached hydrogens (tertiary/aromatic N) is 5. The van der Waals surface area contributed by atoms with Crippen LogP contribution in [0.4, 0.5) is 0 Å². The van der Waals surface area contributed by atoms with E-state index in [4.69, 9.17) is 0 Å². The molecule has 3 aromatic heterocycles. The predicted molar refractivity (Wildman–Crippen MR) is 57.8 cm³/mol. The van der Waals surface area contributed by atoms with Crippen LogP contribution >= 0.6 is 15.9 Å². The first-order chi connectivity index (χ1) is 7.34. The van der Waals surface area contributed by atoms with E-state index in [1.807, 2.05) is 27.6 Å². The van der Waals surface area contributed by atoms with Gasteiger partial charge in [0.15, 0.2) is 11.5 Å². The highest BCUT2D eigenvalue weighted by Gasteiger charge is 2.07. The summed E-state index contributed by atoms with van der Waals surface area (Å²) in [6, 6.07) is 0. The van der Waals surface area contributed by atoms with Gasteiger partial charge in [-0.25, -0.2) is 15.0 Å². The number of hydrogen-bond acceptors (Lipinski definition) is 3. The van der Waals surface area contributed by atoms with Gasteiger partial charge in [0.1, 0.15) is 10.9 Å². The van der Waals surface area contributed by atoms with Crippen molar-refractivity contribution >= 4 is 21.6 Å². The van der Waals surface area contributed by atoms with Crippen LogP contribution in [0.1, 0.15) is 0 Å². The molecule has 0 aromatic carbocycles. The molecule has 0 amide bonds. The van der Waals surface area contributed by atoms with E-state index < -0.39 is 0 Å². The van der Waals surface area contributed by atoms with E-state index >= 15 is 0 Å². The summed E-state index contributed by atoms with van der Waals surface area (Å²) in [5, 5.41) is 0. The minimum Gasteiger partial charge on any atom is -0.301 e. The largest absolute Gasteiger partial charge is 0.301 e. The molecule has 74 valence electrons. The molecule has 0 aliphatic heterocycles. The molecule has 0 aliphatic carbocycles. The molecule has 0 spiro atoms. The number of rotatable bonds is 1. The standard InChI is InChI=1S/C9H6BrN5/c10-7-5-14-4-2-12-8(14)9(13-7)15-3-1-11-6-15/h1-6H. The molecule has 15 heavy (non-hydrogen) atoms. The number of halogens is 1. The Morgan fingerprint density at radius 1 is 1.20 bits per heavy atom. The van der Waals surface area contributed by atoms with E-state index in [0.717, 1.165) is 16.1 Å². The molecule has 3 rings (SSSR count). The number of imidazole rings is 2. The van der Waals surface area contributed by atoms with Crippen LogP contribution in [0.25, 0.3) is 11.5 Å². The summed E-state index contributed by atoms with van der Waals surface area (Å²) in [6.45, 7) is 0. The second kappa shape index (κ2) is 3.16. The third-order valence-electron chi connectivity index (χ3n) is 2.08. The van der Waals surface area contributed by atoms with Gasteiger partial charge in [0, 0.05) is 31.0 Å². The fourth-order valence-electron chi connectivity index (χ4n) is 1.44. The highest BCUT2D eigenvalue weighted by Crippen LogP contribution is 2.15. The normalized spacial score (nSPS) is 11.0. The van der Waals surface area contributed by atoms with Crippen molar-refractivity contribution in [2.75, 3.05) is 0 Å². The first kappa shape index (κ1) is 8.60. The molecular weight excluding hydrogens is 258 g/mol. The molecule has 5 nitrogen and oxygen atoms in total. The SMILES string of the molecule is Brc1cn2ccnc2c(-n2ccnc2)n1. The van der Waals surface area contributed by atoms with Crippen LogP contribution < -0.4 is 0 Å². The summed E-state index contributed by atoms with van der Waals surface area (Å²) in [7, 11) is 0. The maximum Gasteiger partial charge on any atom is 0.183 e. The Bertz CT molecular complexity index is 598. The zero-order valence-corrected chi connectivity index (χ0v) is 9.16. The third-order valence-corrected chi connectivity index (χ3v) is 2.46. The van der Waals surface area contributed by atoms with Crippen molar-refractivity contribution in [3.8, 4) is 5.82 Å². The van der Waals surface area contributed by atoms with Crippen molar-refractivity contribution in [2.45, 2.75) is 0 Å². The average Bonchev–Trinajstić information content (AvgIpc) is 2.86. The lowest BCUT2D eigenvalue weighted by atomic mass is 10.6. The van der Waals surface area contributed by atoms with Crippen molar-refractivity contribution < 1.29 is 0 Å². The third kappa shape index (κ3) is 1.33. The van der Waals surface area contributed by atoms with E-state index in [2.05, 4.69) is 30.9 Å². The fourth-order valence-corrected chi connectivity index (χ4v) is 1.83. The zero-order chi connectivity index (χ0) is 10.3. The molecule has 0 radical (unpaired) electrons. The van der Waals surface area contributed by atoms with Gasteiger partial charge < -0.3 is 4.40 Å². The Kier molecular flexibility index (Phi) is 1.81. The highest BCUT2D eigenvalue weighted by atomic mass is 79.9. The first-order valence-electron chi connectivity index (χ1n) is 4.32. The second-order valence-corrected chi connectivity index (χ2v) is 3.83. The van der Waals surface area contributed by atoms with Crippen molar-refractivity contribution in [1.82, 2.24) is 23.9 Å². The highest BCUT2D eigenvalue weighted by molar-refractivity contribution is 9.10. The monoisotopic (exact) mass is 263 g/mol. The first-order valence-corrected chi connectivity index (χ1v) is 5.11. The number of fused-ring (bicyclic) bond motifs is 1. The summed E-state index contributed by atoms with van der Waals surface area (Å²) in [5.74, 6) is 0.756. The predicted octanol–water partition coefficient (Wildman–Crippen LogP) is 1.68. The van der Waals surface area contributed by atoms with Gasteiger partial charge in [-0.15, -0.1) is 0 Å². The van der Waals surface area contributed by atoms with Gasteiger partial charge in [-0.3, -0.25) is 4.57 Å². The molecule has 0 N–H and O–H groups in total. The molecule has 0 saturated heterocycles. The van der Waals surface area contributed by atoms with E-state index in [0.29, 0.717) is 0 Å². The van der Waals surface area contributed by atoms with E-state index in [1.165, 1.54) is 0 Å². The summed E-state index contributed by atoms with van der Waals surface area (Å²) in [4.78, 5) is 12.6. The van der Waals surface area contributed by atoms with Crippen LogP contribution in [0.2, 0.25) is 0 Å². The summed E-state index contributed by atoms with van der Waals surface area (Å²) < 4.78 is 4.50. The van der Waals surface area contributed by atoms with Crippen LogP contribution in [0, 0.1) is 0 Å². The average molecular weight is 264 g/mol. The van der Waals surface area contributed by atoms with Crippen LogP contribution in [-0.4, -0.2) is 23.9 Å². The topological polar surface area (TPSA) is 48.0 Å². The quantitative estimate of drug-likeness (QED) is 0.671. The minimum absolute atomic E-state index is 0.756. The number of hydrogen-bond donors (Lipinski definition) is 0. The second-order valence-electron chi connectivity index (χ2n) is 3.02. The van der Waals surface area contributed by atoms with E-state index in [9.17, 15) is 0 Å². The molecule has 0 saturated carbocycles. The van der Waals surface area contributed by atoms with Crippen LogP contribution in [0.5, 0.6) is 0 Å². The Hall–Kier alpha value is -1.69. The van der Waals surface area contributed by atoms with Gasteiger partial charge in [0.25, 0.3) is 0 Å². The Balaban J connectivity index is 2.38. The van der Waals surface area contributed by atoms with Gasteiger partial charge in [-0.1, -0.05) is 0 Å². The lowest BCUT2D eigenvalue weighted by Gasteiger charge is -2.03. The zero-order valence-electron chi connectivity index (χ0n) is 7.58. The molecule has 0 bridgehead atoms. The molecule has 6 heteroatoms. The fraction of sp³-hybridized carbons (Fsp3) is 0. The Labute approximate surface area is 93.6 Å². The van der Waals surface area contributed by atoms with Crippen molar-refractivity contribution in [1.29, 1.82) is 0 Å². The van der Waals surface area contributed by atoms with E-state index in [-0.39, 0.29) is 0 Å². The molecule has 0 unspecified atom stereocenters. The van der Waals surface area contributed by atoms with Crippen molar-refractivity contribution in [3.63, 3.8) is 0 Å². The van der Waals surface area contributed by atoms with Crippen LogP contribution in [-0.2, 0) is 0 Å². The molecular formula is C9H6BrN5. The van der Waals surface area contributed by atoms with E-state index in [1.54, 1.807) is 18.7 Å².